The highest BCUT2D eigenvalue weighted by atomic mass is 35.5. The second kappa shape index (κ2) is 11.6. The van der Waals surface area contributed by atoms with Crippen molar-refractivity contribution in [2.75, 3.05) is 0 Å². The van der Waals surface area contributed by atoms with Gasteiger partial charge in [0, 0.05) is 47.1 Å². The highest BCUT2D eigenvalue weighted by molar-refractivity contribution is 6.37. The first kappa shape index (κ1) is 24.4. The predicted octanol–water partition coefficient (Wildman–Crippen LogP) is 5.57. The minimum Gasteiger partial charge on any atom is -0.392 e. The zero-order valence-electron chi connectivity index (χ0n) is 18.6. The summed E-state index contributed by atoms with van der Waals surface area (Å²) in [7, 11) is 0. The number of amides is 1. The number of halogens is 2. The Balaban J connectivity index is 1.36. The van der Waals surface area contributed by atoms with Gasteiger partial charge in [0.1, 0.15) is 0 Å². The van der Waals surface area contributed by atoms with Crippen LogP contribution >= 0.6 is 23.2 Å². The molecule has 1 aromatic carbocycles. The number of benzene rings is 1. The molecule has 2 N–H and O–H groups in total. The van der Waals surface area contributed by atoms with E-state index in [4.69, 9.17) is 23.2 Å². The first-order valence-electron chi connectivity index (χ1n) is 10.8. The van der Waals surface area contributed by atoms with E-state index in [1.807, 2.05) is 59.3 Å². The van der Waals surface area contributed by atoms with Gasteiger partial charge in [-0.2, -0.15) is 0 Å². The Kier molecular flexibility index (Phi) is 8.11. The van der Waals surface area contributed by atoms with Gasteiger partial charge < -0.3 is 15.0 Å². The van der Waals surface area contributed by atoms with Gasteiger partial charge in [-0.05, 0) is 65.7 Å². The summed E-state index contributed by atoms with van der Waals surface area (Å²) in [4.78, 5) is 20.8. The molecular formula is C27H22Cl2N4O2. The van der Waals surface area contributed by atoms with E-state index in [0.717, 1.165) is 22.5 Å². The first-order chi connectivity index (χ1) is 17.0. The molecule has 3 aromatic heterocycles. The minimum absolute atomic E-state index is 0.238. The third-order valence-electron chi connectivity index (χ3n) is 5.25. The van der Waals surface area contributed by atoms with Crippen LogP contribution in [-0.2, 0) is 17.9 Å². The van der Waals surface area contributed by atoms with Crippen LogP contribution in [0.5, 0.6) is 0 Å². The molecule has 0 radical (unpaired) electrons. The van der Waals surface area contributed by atoms with Crippen molar-refractivity contribution >= 4 is 47.3 Å². The molecule has 4 aromatic rings. The van der Waals surface area contributed by atoms with Crippen molar-refractivity contribution in [1.29, 1.82) is 0 Å². The summed E-state index contributed by atoms with van der Waals surface area (Å²) in [5, 5.41) is 13.2. The van der Waals surface area contributed by atoms with Crippen molar-refractivity contribution in [1.82, 2.24) is 19.9 Å². The molecule has 0 spiro atoms. The summed E-state index contributed by atoms with van der Waals surface area (Å²) in [6.07, 6.45) is 14.1. The van der Waals surface area contributed by atoms with Gasteiger partial charge in [0.25, 0.3) is 0 Å². The van der Waals surface area contributed by atoms with Crippen LogP contribution in [0.4, 0.5) is 0 Å². The van der Waals surface area contributed by atoms with Gasteiger partial charge >= 0.3 is 0 Å². The number of hydrogen-bond acceptors (Lipinski definition) is 4. The fraction of sp³-hybridized carbons (Fsp3) is 0.0741. The normalized spacial score (nSPS) is 11.4. The molecule has 8 heteroatoms. The van der Waals surface area contributed by atoms with E-state index in [-0.39, 0.29) is 12.5 Å². The van der Waals surface area contributed by atoms with Crippen LogP contribution in [0.15, 0.2) is 79.4 Å². The van der Waals surface area contributed by atoms with Gasteiger partial charge in [-0.1, -0.05) is 35.3 Å². The Labute approximate surface area is 213 Å². The second-order valence-electron chi connectivity index (χ2n) is 7.57. The Bertz CT molecular complexity index is 1360. The molecule has 0 unspecified atom stereocenters. The maximum absolute atomic E-state index is 12.4. The van der Waals surface area contributed by atoms with E-state index in [2.05, 4.69) is 15.3 Å². The molecular weight excluding hydrogens is 483 g/mol. The van der Waals surface area contributed by atoms with Crippen LogP contribution in [0.1, 0.15) is 28.1 Å². The second-order valence-corrected chi connectivity index (χ2v) is 8.35. The van der Waals surface area contributed by atoms with Gasteiger partial charge in [0.15, 0.2) is 0 Å². The highest BCUT2D eigenvalue weighted by Gasteiger charge is 2.13. The number of aliphatic hydroxyl groups excluding tert-OH is 1. The number of carbonyl (C=O) groups is 1. The molecule has 4 rings (SSSR count). The van der Waals surface area contributed by atoms with Crippen LogP contribution in [-0.4, -0.2) is 25.5 Å². The highest BCUT2D eigenvalue weighted by Crippen LogP contribution is 2.31. The molecule has 0 fully saturated rings. The minimum atomic E-state index is -0.263. The summed E-state index contributed by atoms with van der Waals surface area (Å²) in [6, 6.07) is 14.8. The zero-order valence-corrected chi connectivity index (χ0v) is 20.1. The quantitative estimate of drug-likeness (QED) is 0.307. The monoisotopic (exact) mass is 504 g/mol. The molecule has 0 aliphatic rings. The average molecular weight is 505 g/mol. The van der Waals surface area contributed by atoms with Crippen LogP contribution < -0.4 is 5.32 Å². The van der Waals surface area contributed by atoms with E-state index >= 15 is 0 Å². The lowest BCUT2D eigenvalue weighted by atomic mass is 10.2. The van der Waals surface area contributed by atoms with Gasteiger partial charge in [0.05, 0.1) is 29.6 Å². The number of carbonyl (C=O) groups excluding carboxylic acids is 1. The largest absolute Gasteiger partial charge is 0.392 e. The van der Waals surface area contributed by atoms with Gasteiger partial charge in [-0.15, -0.1) is 0 Å². The molecule has 3 heterocycles. The lowest BCUT2D eigenvalue weighted by Crippen LogP contribution is -2.21. The van der Waals surface area contributed by atoms with Crippen molar-refractivity contribution in [3.63, 3.8) is 0 Å². The van der Waals surface area contributed by atoms with E-state index in [1.54, 1.807) is 36.8 Å². The average Bonchev–Trinajstić information content (AvgIpc) is 3.35. The van der Waals surface area contributed by atoms with Crippen molar-refractivity contribution in [3.8, 4) is 5.69 Å². The molecule has 1 amide bonds. The first-order valence-corrected chi connectivity index (χ1v) is 11.5. The van der Waals surface area contributed by atoms with Crippen molar-refractivity contribution in [3.05, 3.63) is 118 Å². The van der Waals surface area contributed by atoms with E-state index < -0.39 is 0 Å². The summed E-state index contributed by atoms with van der Waals surface area (Å²) in [5.74, 6) is -0.238. The standard InChI is InChI=1S/C27H22Cl2N4O2/c28-24-8-9-25(27(29)23(24)18-34)33-15-1-2-22(33)17-32-26(35)10-5-20-4-7-21(31-16-20)6-3-19-11-13-30-14-12-19/h1-16,34H,17-18H2,(H,32,35). The van der Waals surface area contributed by atoms with Gasteiger partial charge in [-0.25, -0.2) is 0 Å². The van der Waals surface area contributed by atoms with Crippen molar-refractivity contribution in [2.45, 2.75) is 13.2 Å². The van der Waals surface area contributed by atoms with E-state index in [0.29, 0.717) is 27.8 Å². The Morgan fingerprint density at radius 2 is 1.83 bits per heavy atom. The van der Waals surface area contributed by atoms with Crippen LogP contribution in [0, 0.1) is 0 Å². The van der Waals surface area contributed by atoms with Crippen LogP contribution in [0.3, 0.4) is 0 Å². The summed E-state index contributed by atoms with van der Waals surface area (Å²) >= 11 is 12.6. The van der Waals surface area contributed by atoms with Gasteiger partial charge in [0.2, 0.25) is 5.91 Å². The van der Waals surface area contributed by atoms with Crippen LogP contribution in [0.25, 0.3) is 23.9 Å². The molecule has 0 aliphatic heterocycles. The molecule has 0 aliphatic carbocycles. The molecule has 0 bridgehead atoms. The molecule has 6 nitrogen and oxygen atoms in total. The molecule has 176 valence electrons. The Hall–Kier alpha value is -3.71. The van der Waals surface area contributed by atoms with E-state index in [9.17, 15) is 9.90 Å². The van der Waals surface area contributed by atoms with Crippen molar-refractivity contribution < 1.29 is 9.90 Å². The number of nitrogens with one attached hydrogen (secondary N) is 1. The molecule has 0 saturated heterocycles. The third-order valence-corrected chi connectivity index (χ3v) is 6.03. The Morgan fingerprint density at radius 3 is 2.57 bits per heavy atom. The third kappa shape index (κ3) is 6.25. The molecule has 0 saturated carbocycles. The van der Waals surface area contributed by atoms with Crippen LogP contribution in [0.2, 0.25) is 10.0 Å². The number of hydrogen-bond donors (Lipinski definition) is 2. The molecule has 0 atom stereocenters. The van der Waals surface area contributed by atoms with Crippen molar-refractivity contribution in [2.24, 2.45) is 0 Å². The smallest absolute Gasteiger partial charge is 0.244 e. The fourth-order valence-electron chi connectivity index (χ4n) is 3.39. The maximum atomic E-state index is 12.4. The lowest BCUT2D eigenvalue weighted by Gasteiger charge is -2.14. The number of rotatable bonds is 8. The number of nitrogens with zero attached hydrogens (tertiary/aromatic N) is 3. The topological polar surface area (TPSA) is 80.0 Å². The molecule has 35 heavy (non-hydrogen) atoms. The number of aliphatic hydroxyl groups is 1. The SMILES string of the molecule is O=C(C=Cc1ccc(C=Cc2ccncc2)nc1)NCc1cccn1-c1ccc(Cl)c(CO)c1Cl. The summed E-state index contributed by atoms with van der Waals surface area (Å²) in [6.45, 7) is 0.0288. The fourth-order valence-corrected chi connectivity index (χ4v) is 3.97. The summed E-state index contributed by atoms with van der Waals surface area (Å²) in [5.41, 5.74) is 4.63. The number of aromatic nitrogens is 3. The Morgan fingerprint density at radius 1 is 1.00 bits per heavy atom. The van der Waals surface area contributed by atoms with Gasteiger partial charge in [-0.3, -0.25) is 14.8 Å². The maximum Gasteiger partial charge on any atom is 0.244 e. The lowest BCUT2D eigenvalue weighted by molar-refractivity contribution is -0.116. The number of pyridine rings is 2. The summed E-state index contributed by atoms with van der Waals surface area (Å²) < 4.78 is 1.85. The predicted molar refractivity (Wildman–Crippen MR) is 140 cm³/mol. The zero-order chi connectivity index (χ0) is 24.6. The van der Waals surface area contributed by atoms with E-state index in [1.165, 1.54) is 6.08 Å².